The number of aromatic nitrogens is 4. The third-order valence-electron chi connectivity index (χ3n) is 6.41. The summed E-state index contributed by atoms with van der Waals surface area (Å²) in [6, 6.07) is 5.69. The Balaban J connectivity index is 1.21. The normalized spacial score (nSPS) is 16.8. The van der Waals surface area contributed by atoms with E-state index in [0.29, 0.717) is 23.4 Å². The van der Waals surface area contributed by atoms with Crippen LogP contribution in [0.25, 0.3) is 15.9 Å². The van der Waals surface area contributed by atoms with Gasteiger partial charge in [0.15, 0.2) is 22.3 Å². The Morgan fingerprint density at radius 2 is 2.18 bits per heavy atom. The molecule has 1 N–H and O–H groups in total. The van der Waals surface area contributed by atoms with Gasteiger partial charge < -0.3 is 14.8 Å². The highest BCUT2D eigenvalue weighted by atomic mass is 32.2. The molecule has 10 heteroatoms. The molecule has 0 fully saturated rings. The van der Waals surface area contributed by atoms with E-state index in [1.807, 2.05) is 33.9 Å². The van der Waals surface area contributed by atoms with Crippen LogP contribution in [0.4, 0.5) is 0 Å². The Hall–Kier alpha value is -2.85. The predicted molar refractivity (Wildman–Crippen MR) is 132 cm³/mol. The smallest absolute Gasteiger partial charge is 0.231 e. The first-order valence-corrected chi connectivity index (χ1v) is 13.4. The van der Waals surface area contributed by atoms with Crippen molar-refractivity contribution in [1.29, 1.82) is 0 Å². The van der Waals surface area contributed by atoms with Gasteiger partial charge in [-0.25, -0.2) is 4.98 Å². The molecule has 1 unspecified atom stereocenters. The van der Waals surface area contributed by atoms with Crippen molar-refractivity contribution >= 4 is 44.9 Å². The number of aryl methyl sites for hydroxylation is 2. The summed E-state index contributed by atoms with van der Waals surface area (Å²) in [4.78, 5) is 20.1. The van der Waals surface area contributed by atoms with Crippen molar-refractivity contribution in [2.45, 2.75) is 51.2 Å². The van der Waals surface area contributed by atoms with Gasteiger partial charge in [0.2, 0.25) is 12.7 Å². The van der Waals surface area contributed by atoms with Gasteiger partial charge in [-0.05, 0) is 48.4 Å². The van der Waals surface area contributed by atoms with E-state index in [0.717, 1.165) is 52.3 Å². The van der Waals surface area contributed by atoms with Crippen LogP contribution >= 0.6 is 23.1 Å². The minimum absolute atomic E-state index is 0.0617. The summed E-state index contributed by atoms with van der Waals surface area (Å²) in [6.45, 7) is 5.08. The molecule has 3 aromatic heterocycles. The first kappa shape index (κ1) is 21.7. The lowest BCUT2D eigenvalue weighted by Crippen LogP contribution is -2.24. The number of fused-ring (bicyclic) bond motifs is 6. The number of nitrogens with one attached hydrogen (secondary N) is 1. The van der Waals surface area contributed by atoms with Crippen LogP contribution in [-0.2, 0) is 30.6 Å². The van der Waals surface area contributed by atoms with E-state index in [-0.39, 0.29) is 18.5 Å². The molecule has 1 aliphatic carbocycles. The van der Waals surface area contributed by atoms with Crippen LogP contribution in [0.15, 0.2) is 23.4 Å². The van der Waals surface area contributed by atoms with Crippen LogP contribution in [0.5, 0.6) is 11.5 Å². The van der Waals surface area contributed by atoms with Crippen LogP contribution in [-0.4, -0.2) is 38.0 Å². The summed E-state index contributed by atoms with van der Waals surface area (Å²) < 4.78 is 12.8. The average molecular weight is 496 g/mol. The fraction of sp³-hybridized carbons (Fsp3) is 0.417. The number of thioether (sulfide) groups is 1. The van der Waals surface area contributed by atoms with Gasteiger partial charge in [0.1, 0.15) is 10.7 Å². The van der Waals surface area contributed by atoms with E-state index in [4.69, 9.17) is 14.5 Å². The fourth-order valence-electron chi connectivity index (χ4n) is 4.64. The van der Waals surface area contributed by atoms with E-state index < -0.39 is 0 Å². The SMILES string of the molecule is CCc1nc2sc3c(c2c2nnc(SCC(=O)NCc4ccc5c(c4)OCO5)n12)CCC(C)C3. The zero-order valence-electron chi connectivity index (χ0n) is 19.1. The molecule has 8 nitrogen and oxygen atoms in total. The van der Waals surface area contributed by atoms with Crippen molar-refractivity contribution in [3.63, 3.8) is 0 Å². The summed E-state index contributed by atoms with van der Waals surface area (Å²) in [7, 11) is 0. The quantitative estimate of drug-likeness (QED) is 0.402. The van der Waals surface area contributed by atoms with Gasteiger partial charge in [0, 0.05) is 17.8 Å². The summed E-state index contributed by atoms with van der Waals surface area (Å²) in [5, 5.41) is 13.9. The minimum Gasteiger partial charge on any atom is -0.454 e. The molecule has 0 bridgehead atoms. The molecule has 1 amide bonds. The van der Waals surface area contributed by atoms with Crippen molar-refractivity contribution in [3.05, 3.63) is 40.0 Å². The maximum Gasteiger partial charge on any atom is 0.231 e. The number of hydrogen-bond acceptors (Lipinski definition) is 8. The first-order valence-electron chi connectivity index (χ1n) is 11.6. The predicted octanol–water partition coefficient (Wildman–Crippen LogP) is 4.16. The van der Waals surface area contributed by atoms with E-state index in [1.165, 1.54) is 28.6 Å². The lowest BCUT2D eigenvalue weighted by Gasteiger charge is -2.17. The molecule has 0 saturated carbocycles. The van der Waals surface area contributed by atoms with Crippen LogP contribution < -0.4 is 14.8 Å². The second-order valence-corrected chi connectivity index (χ2v) is 10.8. The number of nitrogens with zero attached hydrogens (tertiary/aromatic N) is 4. The standard InChI is InChI=1S/C24H25N5O3S2/c1-3-19-26-23-21(15-6-4-13(2)8-18(15)34-23)22-27-28-24(29(19)22)33-11-20(30)25-10-14-5-7-16-17(9-14)32-12-31-16/h5,7,9,13H,3-4,6,8,10-12H2,1-2H3,(H,25,30). The highest BCUT2D eigenvalue weighted by molar-refractivity contribution is 7.99. The van der Waals surface area contributed by atoms with Crippen molar-refractivity contribution in [2.75, 3.05) is 12.5 Å². The Morgan fingerprint density at radius 1 is 1.29 bits per heavy atom. The monoisotopic (exact) mass is 495 g/mol. The molecule has 176 valence electrons. The maximum atomic E-state index is 12.6. The van der Waals surface area contributed by atoms with E-state index in [2.05, 4.69) is 29.4 Å². The zero-order chi connectivity index (χ0) is 23.2. The molecule has 1 aromatic carbocycles. The number of amides is 1. The Kier molecular flexibility index (Phi) is 5.57. The minimum atomic E-state index is -0.0617. The van der Waals surface area contributed by atoms with E-state index >= 15 is 0 Å². The second kappa shape index (κ2) is 8.74. The average Bonchev–Trinajstić information content (AvgIpc) is 3.56. The Bertz CT molecular complexity index is 1410. The number of benzene rings is 1. The van der Waals surface area contributed by atoms with Gasteiger partial charge in [0.25, 0.3) is 0 Å². The number of thiophene rings is 1. The zero-order valence-corrected chi connectivity index (χ0v) is 20.7. The molecular weight excluding hydrogens is 470 g/mol. The molecular formula is C24H25N5O3S2. The molecule has 1 atom stereocenters. The van der Waals surface area contributed by atoms with Crippen molar-refractivity contribution in [1.82, 2.24) is 24.9 Å². The third kappa shape index (κ3) is 3.78. The van der Waals surface area contributed by atoms with Crippen LogP contribution in [0, 0.1) is 5.92 Å². The van der Waals surface area contributed by atoms with Crippen LogP contribution in [0.3, 0.4) is 0 Å². The molecule has 6 rings (SSSR count). The summed E-state index contributed by atoms with van der Waals surface area (Å²) in [5.74, 6) is 3.29. The van der Waals surface area contributed by atoms with E-state index in [9.17, 15) is 4.79 Å². The van der Waals surface area contributed by atoms with Gasteiger partial charge >= 0.3 is 0 Å². The molecule has 2 aliphatic rings. The maximum absolute atomic E-state index is 12.6. The lowest BCUT2D eigenvalue weighted by atomic mass is 9.89. The molecule has 34 heavy (non-hydrogen) atoms. The van der Waals surface area contributed by atoms with Crippen molar-refractivity contribution in [2.24, 2.45) is 5.92 Å². The highest BCUT2D eigenvalue weighted by Gasteiger charge is 2.25. The Morgan fingerprint density at radius 3 is 3.06 bits per heavy atom. The largest absolute Gasteiger partial charge is 0.454 e. The Labute approximate surface area is 205 Å². The number of carbonyl (C=O) groups excluding carboxylic acids is 1. The number of ether oxygens (including phenoxy) is 2. The highest BCUT2D eigenvalue weighted by Crippen LogP contribution is 2.39. The van der Waals surface area contributed by atoms with Crippen molar-refractivity contribution in [3.8, 4) is 11.5 Å². The first-order chi connectivity index (χ1) is 16.6. The molecule has 4 aromatic rings. The van der Waals surface area contributed by atoms with Crippen LogP contribution in [0.2, 0.25) is 0 Å². The second-order valence-electron chi connectivity index (χ2n) is 8.81. The third-order valence-corrected chi connectivity index (χ3v) is 8.49. The molecule has 4 heterocycles. The summed E-state index contributed by atoms with van der Waals surface area (Å²) in [6.07, 6.45) is 4.15. The summed E-state index contributed by atoms with van der Waals surface area (Å²) in [5.41, 5.74) is 3.23. The molecule has 0 saturated heterocycles. The molecule has 1 aliphatic heterocycles. The molecule has 0 spiro atoms. The topological polar surface area (TPSA) is 90.6 Å². The number of rotatable bonds is 6. The van der Waals surface area contributed by atoms with Gasteiger partial charge in [-0.3, -0.25) is 9.20 Å². The van der Waals surface area contributed by atoms with Gasteiger partial charge in [-0.15, -0.1) is 21.5 Å². The molecule has 0 radical (unpaired) electrons. The lowest BCUT2D eigenvalue weighted by molar-refractivity contribution is -0.118. The van der Waals surface area contributed by atoms with Crippen LogP contribution in [0.1, 0.15) is 42.1 Å². The van der Waals surface area contributed by atoms with E-state index in [1.54, 1.807) is 0 Å². The fourth-order valence-corrected chi connectivity index (χ4v) is 6.82. The van der Waals surface area contributed by atoms with Gasteiger partial charge in [-0.1, -0.05) is 31.7 Å². The summed E-state index contributed by atoms with van der Waals surface area (Å²) >= 11 is 3.20. The van der Waals surface area contributed by atoms with Crippen molar-refractivity contribution < 1.29 is 14.3 Å². The van der Waals surface area contributed by atoms with Gasteiger partial charge in [0.05, 0.1) is 11.1 Å². The van der Waals surface area contributed by atoms with Gasteiger partial charge in [-0.2, -0.15) is 0 Å². The number of carbonyl (C=O) groups is 1. The number of hydrogen-bond donors (Lipinski definition) is 1.